The maximum absolute atomic E-state index is 4.10. The molecular weight excluding hydrogens is 204 g/mol. The van der Waals surface area contributed by atoms with E-state index >= 15 is 0 Å². The zero-order valence-corrected chi connectivity index (χ0v) is 8.28. The molecule has 0 aliphatic carbocycles. The molecule has 0 spiro atoms. The molecule has 6 heteroatoms. The molecule has 0 radical (unpaired) electrons. The highest BCUT2D eigenvalue weighted by molar-refractivity contribution is 5.58. The van der Waals surface area contributed by atoms with Crippen molar-refractivity contribution >= 4 is 0 Å². The molecule has 0 bridgehead atoms. The van der Waals surface area contributed by atoms with Gasteiger partial charge in [0.05, 0.1) is 0 Å². The van der Waals surface area contributed by atoms with Crippen molar-refractivity contribution in [3.05, 3.63) is 43.2 Å². The predicted molar refractivity (Wildman–Crippen MR) is 56.7 cm³/mol. The first-order valence-corrected chi connectivity index (χ1v) is 4.74. The molecule has 3 rings (SSSR count). The fraction of sp³-hybridized carbons (Fsp3) is 0. The molecule has 1 aromatic carbocycles. The Morgan fingerprint density at radius 1 is 1.12 bits per heavy atom. The van der Waals surface area contributed by atoms with Crippen molar-refractivity contribution in [1.82, 2.24) is 29.9 Å². The molecule has 0 saturated carbocycles. The van der Waals surface area contributed by atoms with E-state index in [1.54, 1.807) is 12.7 Å². The Bertz CT molecular complexity index is 520. The molecule has 6 nitrogen and oxygen atoms in total. The third kappa shape index (κ3) is 1.46. The number of hydrogen-bond donors (Lipinski definition) is 1. The fourth-order valence-electron chi connectivity index (χ4n) is 1.49. The van der Waals surface area contributed by atoms with Crippen LogP contribution in [0.2, 0.25) is 0 Å². The maximum Gasteiger partial charge on any atom is 0.155 e. The highest BCUT2D eigenvalue weighted by Gasteiger charge is 2.02. The Hall–Kier alpha value is -2.50. The van der Waals surface area contributed by atoms with Gasteiger partial charge in [-0.15, -0.1) is 10.2 Å². The van der Waals surface area contributed by atoms with Gasteiger partial charge in [0.15, 0.2) is 5.82 Å². The lowest BCUT2D eigenvalue weighted by atomic mass is 10.2. The Labute approximate surface area is 91.0 Å². The van der Waals surface area contributed by atoms with Gasteiger partial charge in [0, 0.05) is 11.3 Å². The Morgan fingerprint density at radius 2 is 2.00 bits per heavy atom. The van der Waals surface area contributed by atoms with E-state index in [0.29, 0.717) is 0 Å². The van der Waals surface area contributed by atoms with Gasteiger partial charge < -0.3 is 0 Å². The molecule has 0 amide bonds. The van der Waals surface area contributed by atoms with Gasteiger partial charge in [-0.2, -0.15) is 5.10 Å². The number of aromatic amines is 1. The van der Waals surface area contributed by atoms with E-state index in [1.165, 1.54) is 6.33 Å². The van der Waals surface area contributed by atoms with Gasteiger partial charge in [0.2, 0.25) is 0 Å². The van der Waals surface area contributed by atoms with Gasteiger partial charge in [0.25, 0.3) is 0 Å². The quantitative estimate of drug-likeness (QED) is 0.689. The van der Waals surface area contributed by atoms with Crippen LogP contribution >= 0.6 is 0 Å². The van der Waals surface area contributed by atoms with Crippen LogP contribution in [-0.2, 0) is 0 Å². The Kier molecular flexibility index (Phi) is 1.96. The predicted octanol–water partition coefficient (Wildman–Crippen LogP) is 1.05. The smallest absolute Gasteiger partial charge is 0.155 e. The zero-order valence-electron chi connectivity index (χ0n) is 8.28. The van der Waals surface area contributed by atoms with Crippen LogP contribution in [0.15, 0.2) is 43.2 Å². The van der Waals surface area contributed by atoms with E-state index in [-0.39, 0.29) is 0 Å². The van der Waals surface area contributed by atoms with Crippen LogP contribution in [0.5, 0.6) is 0 Å². The van der Waals surface area contributed by atoms with Gasteiger partial charge in [-0.3, -0.25) is 9.67 Å². The summed E-state index contributed by atoms with van der Waals surface area (Å²) in [5.74, 6) is 0.745. The first-order valence-electron chi connectivity index (χ1n) is 4.74. The summed E-state index contributed by atoms with van der Waals surface area (Å²) in [5, 5.41) is 14.2. The number of nitrogens with one attached hydrogen (secondary N) is 1. The van der Waals surface area contributed by atoms with Gasteiger partial charge in [0.1, 0.15) is 19.0 Å². The topological polar surface area (TPSA) is 72.3 Å². The van der Waals surface area contributed by atoms with Crippen LogP contribution in [0.4, 0.5) is 0 Å². The minimum Gasteiger partial charge on any atom is -0.288 e. The second-order valence-electron chi connectivity index (χ2n) is 3.25. The highest BCUT2D eigenvalue weighted by atomic mass is 15.2. The van der Waals surface area contributed by atoms with Crippen LogP contribution in [0.25, 0.3) is 17.1 Å². The van der Waals surface area contributed by atoms with Crippen LogP contribution in [0, 0.1) is 0 Å². The monoisotopic (exact) mass is 212 g/mol. The van der Waals surface area contributed by atoms with E-state index in [4.69, 9.17) is 0 Å². The van der Waals surface area contributed by atoms with Gasteiger partial charge in [-0.05, 0) is 12.1 Å². The molecule has 0 fully saturated rings. The van der Waals surface area contributed by atoms with E-state index in [1.807, 2.05) is 28.8 Å². The zero-order chi connectivity index (χ0) is 10.8. The summed E-state index contributed by atoms with van der Waals surface area (Å²) in [7, 11) is 0. The molecule has 3 aromatic rings. The summed E-state index contributed by atoms with van der Waals surface area (Å²) in [5.41, 5.74) is 1.96. The van der Waals surface area contributed by atoms with Gasteiger partial charge in [-0.1, -0.05) is 12.1 Å². The first-order chi connectivity index (χ1) is 7.93. The van der Waals surface area contributed by atoms with Crippen molar-refractivity contribution < 1.29 is 0 Å². The van der Waals surface area contributed by atoms with E-state index < -0.39 is 0 Å². The minimum atomic E-state index is 0.745. The van der Waals surface area contributed by atoms with Crippen molar-refractivity contribution in [2.24, 2.45) is 0 Å². The van der Waals surface area contributed by atoms with Gasteiger partial charge >= 0.3 is 0 Å². The summed E-state index contributed by atoms with van der Waals surface area (Å²) in [6.07, 6.45) is 4.79. The third-order valence-corrected chi connectivity index (χ3v) is 2.25. The van der Waals surface area contributed by atoms with Crippen molar-refractivity contribution in [1.29, 1.82) is 0 Å². The number of hydrogen-bond acceptors (Lipinski definition) is 4. The lowest BCUT2D eigenvalue weighted by Crippen LogP contribution is -1.90. The summed E-state index contributed by atoms with van der Waals surface area (Å²) >= 11 is 0. The third-order valence-electron chi connectivity index (χ3n) is 2.25. The molecule has 0 aliphatic rings. The molecule has 78 valence electrons. The fourth-order valence-corrected chi connectivity index (χ4v) is 1.49. The molecule has 0 saturated heterocycles. The largest absolute Gasteiger partial charge is 0.288 e. The van der Waals surface area contributed by atoms with Crippen LogP contribution in [0.1, 0.15) is 0 Å². The second kappa shape index (κ2) is 3.58. The average Bonchev–Trinajstić information content (AvgIpc) is 3.03. The standard InChI is InChI=1S/C10H8N6/c1-2-8(10-11-5-12-15-10)4-9(3-1)16-6-13-14-7-16/h1-7H,(H,11,12,15). The Balaban J connectivity index is 2.07. The van der Waals surface area contributed by atoms with Crippen LogP contribution in [0.3, 0.4) is 0 Å². The number of aromatic nitrogens is 6. The normalized spacial score (nSPS) is 10.5. The molecule has 0 aliphatic heterocycles. The minimum absolute atomic E-state index is 0.745. The summed E-state index contributed by atoms with van der Waals surface area (Å²) in [6, 6.07) is 7.88. The van der Waals surface area contributed by atoms with E-state index in [9.17, 15) is 0 Å². The SMILES string of the molecule is c1cc(-c2ncn[nH]2)cc(-n2cnnc2)c1. The lowest BCUT2D eigenvalue weighted by Gasteiger charge is -2.02. The van der Waals surface area contributed by atoms with Crippen molar-refractivity contribution in [3.8, 4) is 17.1 Å². The average molecular weight is 212 g/mol. The number of nitrogens with zero attached hydrogens (tertiary/aromatic N) is 5. The molecular formula is C10H8N6. The molecule has 0 atom stereocenters. The number of benzene rings is 1. The van der Waals surface area contributed by atoms with Crippen molar-refractivity contribution in [2.45, 2.75) is 0 Å². The summed E-state index contributed by atoms with van der Waals surface area (Å²) in [4.78, 5) is 4.10. The summed E-state index contributed by atoms with van der Waals surface area (Å²) in [6.45, 7) is 0. The van der Waals surface area contributed by atoms with E-state index in [2.05, 4.69) is 25.4 Å². The highest BCUT2D eigenvalue weighted by Crippen LogP contribution is 2.17. The van der Waals surface area contributed by atoms with Crippen LogP contribution in [-0.4, -0.2) is 29.9 Å². The maximum atomic E-state index is 4.10. The second-order valence-corrected chi connectivity index (χ2v) is 3.25. The lowest BCUT2D eigenvalue weighted by molar-refractivity contribution is 1.05. The van der Waals surface area contributed by atoms with Gasteiger partial charge in [-0.25, -0.2) is 4.98 Å². The van der Waals surface area contributed by atoms with Crippen molar-refractivity contribution in [2.75, 3.05) is 0 Å². The Morgan fingerprint density at radius 3 is 2.75 bits per heavy atom. The molecule has 16 heavy (non-hydrogen) atoms. The van der Waals surface area contributed by atoms with E-state index in [0.717, 1.165) is 17.1 Å². The number of H-pyrrole nitrogens is 1. The van der Waals surface area contributed by atoms with Crippen LogP contribution < -0.4 is 0 Å². The summed E-state index contributed by atoms with van der Waals surface area (Å²) < 4.78 is 1.83. The molecule has 2 heterocycles. The van der Waals surface area contributed by atoms with Crippen molar-refractivity contribution in [3.63, 3.8) is 0 Å². The number of rotatable bonds is 2. The molecule has 1 N–H and O–H groups in total. The molecule has 0 unspecified atom stereocenters. The first kappa shape index (κ1) is 8.78. The molecule has 2 aromatic heterocycles.